The van der Waals surface area contributed by atoms with Crippen LogP contribution in [0.1, 0.15) is 24.0 Å². The summed E-state index contributed by atoms with van der Waals surface area (Å²) < 4.78 is 11.5. The molecule has 3 aliphatic rings. The summed E-state index contributed by atoms with van der Waals surface area (Å²) in [7, 11) is 0. The number of benzene rings is 2. The normalized spacial score (nSPS) is 19.1. The van der Waals surface area contributed by atoms with Gasteiger partial charge in [0.25, 0.3) is 0 Å². The predicted octanol–water partition coefficient (Wildman–Crippen LogP) is 2.94. The molecule has 2 aromatic rings. The van der Waals surface area contributed by atoms with Crippen LogP contribution in [0.15, 0.2) is 48.5 Å². The molecule has 3 amide bonds. The maximum Gasteiger partial charge on any atom is 0.322 e. The highest BCUT2D eigenvalue weighted by Gasteiger charge is 2.26. The molecule has 0 spiro atoms. The number of urea groups is 1. The molecule has 0 unspecified atom stereocenters. The van der Waals surface area contributed by atoms with Crippen LogP contribution in [0.2, 0.25) is 0 Å². The first kappa shape index (κ1) is 22.7. The van der Waals surface area contributed by atoms with Crippen molar-refractivity contribution in [2.45, 2.75) is 32.0 Å². The van der Waals surface area contributed by atoms with E-state index in [1.54, 1.807) is 0 Å². The van der Waals surface area contributed by atoms with E-state index >= 15 is 0 Å². The van der Waals surface area contributed by atoms with Crippen molar-refractivity contribution in [3.63, 3.8) is 0 Å². The zero-order chi connectivity index (χ0) is 23.3. The average molecular weight is 465 g/mol. The molecule has 0 radical (unpaired) electrons. The second kappa shape index (κ2) is 10.4. The molecule has 0 bridgehead atoms. The molecule has 2 fully saturated rings. The molecule has 8 heteroatoms. The molecule has 8 nitrogen and oxygen atoms in total. The number of hydrogen-bond acceptors (Lipinski definition) is 5. The highest BCUT2D eigenvalue weighted by Crippen LogP contribution is 2.24. The molecular formula is C26H32N4O4. The summed E-state index contributed by atoms with van der Waals surface area (Å²) in [5, 5.41) is 2.98. The van der Waals surface area contributed by atoms with Crippen molar-refractivity contribution in [1.29, 1.82) is 0 Å². The van der Waals surface area contributed by atoms with Crippen molar-refractivity contribution >= 4 is 17.6 Å². The number of nitrogens with zero attached hydrogens (tertiary/aromatic N) is 3. The third-order valence-electron chi connectivity index (χ3n) is 6.79. The van der Waals surface area contributed by atoms with Crippen molar-refractivity contribution in [3.05, 3.63) is 59.7 Å². The summed E-state index contributed by atoms with van der Waals surface area (Å²) in [4.78, 5) is 31.1. The molecule has 5 rings (SSSR count). The highest BCUT2D eigenvalue weighted by atomic mass is 16.5. The molecule has 0 atom stereocenters. The Morgan fingerprint density at radius 1 is 0.882 bits per heavy atom. The zero-order valence-electron chi connectivity index (χ0n) is 19.4. The van der Waals surface area contributed by atoms with Crippen molar-refractivity contribution in [1.82, 2.24) is 14.7 Å². The van der Waals surface area contributed by atoms with E-state index in [1.807, 2.05) is 46.2 Å². The lowest BCUT2D eigenvalue weighted by molar-refractivity contribution is -0.135. The van der Waals surface area contributed by atoms with E-state index < -0.39 is 0 Å². The third kappa shape index (κ3) is 5.51. The van der Waals surface area contributed by atoms with Crippen LogP contribution in [0.4, 0.5) is 10.5 Å². The Morgan fingerprint density at radius 3 is 2.18 bits per heavy atom. The molecular weight excluding hydrogens is 432 g/mol. The molecule has 0 aliphatic carbocycles. The van der Waals surface area contributed by atoms with Gasteiger partial charge in [-0.1, -0.05) is 24.3 Å². The summed E-state index contributed by atoms with van der Waals surface area (Å²) in [5.41, 5.74) is 3.15. The standard InChI is InChI=1S/C26H32N4O4/c31-25(19-28-13-15-33-16-14-28)29-11-9-24(10-12-29)34-23-7-5-22(6-8-23)27-26(32)30-17-20-3-1-2-4-21(20)18-30/h1-8,24H,9-19H2,(H,27,32). The Labute approximate surface area is 200 Å². The van der Waals surface area contributed by atoms with Crippen LogP contribution in [0.5, 0.6) is 5.75 Å². The number of nitrogens with one attached hydrogen (secondary N) is 1. The van der Waals surface area contributed by atoms with Crippen LogP contribution >= 0.6 is 0 Å². The van der Waals surface area contributed by atoms with Gasteiger partial charge < -0.3 is 24.6 Å². The lowest BCUT2D eigenvalue weighted by atomic mass is 10.1. The van der Waals surface area contributed by atoms with Gasteiger partial charge in [0.2, 0.25) is 5.91 Å². The maximum absolute atomic E-state index is 12.6. The monoisotopic (exact) mass is 464 g/mol. The first-order valence-corrected chi connectivity index (χ1v) is 12.1. The van der Waals surface area contributed by atoms with Gasteiger partial charge in [0, 0.05) is 57.8 Å². The van der Waals surface area contributed by atoms with Crippen molar-refractivity contribution in [2.75, 3.05) is 51.3 Å². The van der Waals surface area contributed by atoms with Gasteiger partial charge in [0.15, 0.2) is 0 Å². The summed E-state index contributed by atoms with van der Waals surface area (Å²) >= 11 is 0. The Bertz CT molecular complexity index is 973. The molecule has 2 saturated heterocycles. The summed E-state index contributed by atoms with van der Waals surface area (Å²) in [6, 6.07) is 15.6. The van der Waals surface area contributed by atoms with Crippen molar-refractivity contribution < 1.29 is 19.1 Å². The number of anilines is 1. The molecule has 2 aromatic carbocycles. The lowest BCUT2D eigenvalue weighted by Crippen LogP contribution is -2.48. The predicted molar refractivity (Wildman–Crippen MR) is 129 cm³/mol. The van der Waals surface area contributed by atoms with Crippen LogP contribution in [0.25, 0.3) is 0 Å². The molecule has 3 heterocycles. The zero-order valence-corrected chi connectivity index (χ0v) is 19.4. The number of morpholine rings is 1. The summed E-state index contributed by atoms with van der Waals surface area (Å²) in [6.07, 6.45) is 1.74. The molecule has 0 saturated carbocycles. The Balaban J connectivity index is 1.05. The highest BCUT2D eigenvalue weighted by molar-refractivity contribution is 5.89. The van der Waals surface area contributed by atoms with E-state index in [2.05, 4.69) is 22.3 Å². The van der Waals surface area contributed by atoms with Gasteiger partial charge in [0.1, 0.15) is 11.9 Å². The van der Waals surface area contributed by atoms with Crippen LogP contribution in [-0.2, 0) is 22.6 Å². The third-order valence-corrected chi connectivity index (χ3v) is 6.79. The fraction of sp³-hybridized carbons (Fsp3) is 0.462. The maximum atomic E-state index is 12.6. The van der Waals surface area contributed by atoms with Crippen LogP contribution in [-0.4, -0.2) is 78.7 Å². The van der Waals surface area contributed by atoms with Gasteiger partial charge in [0.05, 0.1) is 19.8 Å². The minimum absolute atomic E-state index is 0.0935. The Hall–Kier alpha value is -3.10. The minimum Gasteiger partial charge on any atom is -0.490 e. The first-order valence-electron chi connectivity index (χ1n) is 12.1. The van der Waals surface area contributed by atoms with E-state index in [4.69, 9.17) is 9.47 Å². The lowest BCUT2D eigenvalue weighted by Gasteiger charge is -2.34. The van der Waals surface area contributed by atoms with E-state index in [1.165, 1.54) is 11.1 Å². The van der Waals surface area contributed by atoms with Gasteiger partial charge in [-0.25, -0.2) is 4.79 Å². The topological polar surface area (TPSA) is 74.4 Å². The number of likely N-dealkylation sites (tertiary alicyclic amines) is 1. The number of amides is 3. The van der Waals surface area contributed by atoms with Gasteiger partial charge in [-0.15, -0.1) is 0 Å². The Kier molecular flexibility index (Phi) is 6.97. The largest absolute Gasteiger partial charge is 0.490 e. The van der Waals surface area contributed by atoms with E-state index in [0.29, 0.717) is 32.8 Å². The van der Waals surface area contributed by atoms with Gasteiger partial charge in [-0.3, -0.25) is 9.69 Å². The number of hydrogen-bond donors (Lipinski definition) is 1. The van der Waals surface area contributed by atoms with Crippen molar-refractivity contribution in [2.24, 2.45) is 0 Å². The van der Waals surface area contributed by atoms with Crippen LogP contribution in [0, 0.1) is 0 Å². The van der Waals surface area contributed by atoms with Crippen molar-refractivity contribution in [3.8, 4) is 5.75 Å². The quantitative estimate of drug-likeness (QED) is 0.737. The smallest absolute Gasteiger partial charge is 0.322 e. The number of carbonyl (C=O) groups is 2. The van der Waals surface area contributed by atoms with E-state index in [-0.39, 0.29) is 18.0 Å². The molecule has 34 heavy (non-hydrogen) atoms. The fourth-order valence-electron chi connectivity index (χ4n) is 4.76. The number of piperidine rings is 1. The molecule has 1 N–H and O–H groups in total. The second-order valence-corrected chi connectivity index (χ2v) is 9.17. The number of carbonyl (C=O) groups excluding carboxylic acids is 2. The van der Waals surface area contributed by atoms with Gasteiger partial charge in [-0.2, -0.15) is 0 Å². The average Bonchev–Trinajstić information content (AvgIpc) is 3.31. The molecule has 3 aliphatic heterocycles. The van der Waals surface area contributed by atoms with Gasteiger partial charge in [-0.05, 0) is 35.4 Å². The number of rotatable bonds is 5. The molecule has 180 valence electrons. The summed E-state index contributed by atoms with van der Waals surface area (Å²) in [5.74, 6) is 0.978. The fourth-order valence-corrected chi connectivity index (χ4v) is 4.76. The second-order valence-electron chi connectivity index (χ2n) is 9.17. The van der Waals surface area contributed by atoms with Crippen LogP contribution < -0.4 is 10.1 Å². The van der Waals surface area contributed by atoms with Gasteiger partial charge >= 0.3 is 6.03 Å². The number of fused-ring (bicyclic) bond motifs is 1. The SMILES string of the molecule is O=C(CN1CCOCC1)N1CCC(Oc2ccc(NC(=O)N3Cc4ccccc4C3)cc2)CC1. The van der Waals surface area contributed by atoms with E-state index in [9.17, 15) is 9.59 Å². The first-order chi connectivity index (χ1) is 16.6. The van der Waals surface area contributed by atoms with Crippen LogP contribution in [0.3, 0.4) is 0 Å². The molecule has 0 aromatic heterocycles. The summed E-state index contributed by atoms with van der Waals surface area (Å²) in [6.45, 7) is 6.26. The minimum atomic E-state index is -0.0982. The Morgan fingerprint density at radius 2 is 1.53 bits per heavy atom. The number of ether oxygens (including phenoxy) is 2. The van der Waals surface area contributed by atoms with E-state index in [0.717, 1.165) is 50.5 Å².